The number of nitrogens with one attached hydrogen (secondary N) is 1. The molecule has 1 N–H and O–H groups in total. The van der Waals surface area contributed by atoms with Crippen LogP contribution < -0.4 is 4.90 Å². The van der Waals surface area contributed by atoms with E-state index >= 15 is 0 Å². The number of para-hydroxylation sites is 2. The van der Waals surface area contributed by atoms with Crippen LogP contribution in [0.4, 0.5) is 5.69 Å². The van der Waals surface area contributed by atoms with E-state index in [2.05, 4.69) is 89.3 Å². The van der Waals surface area contributed by atoms with E-state index in [9.17, 15) is 4.79 Å². The molecule has 2 aliphatic rings. The number of fused-ring (bicyclic) bond motifs is 1. The Balaban J connectivity index is 1.17. The summed E-state index contributed by atoms with van der Waals surface area (Å²) in [6.45, 7) is 10.6. The van der Waals surface area contributed by atoms with Crippen molar-refractivity contribution in [2.24, 2.45) is 0 Å². The average molecular weight is 507 g/mol. The van der Waals surface area contributed by atoms with Crippen molar-refractivity contribution < 1.29 is 4.79 Å². The van der Waals surface area contributed by atoms with E-state index < -0.39 is 0 Å². The largest absolute Gasteiger partial charge is 0.368 e. The monoisotopic (exact) mass is 506 g/mol. The normalized spacial score (nSPS) is 17.3. The number of anilines is 1. The number of carbonyl (C=O) groups excluding carboxylic acids is 1. The number of amides is 1. The fraction of sp³-hybridized carbons (Fsp3) is 0.364. The number of nitrogens with zero attached hydrogens (tertiary/aromatic N) is 3. The smallest absolute Gasteiger partial charge is 0.270 e. The number of aromatic amines is 1. The van der Waals surface area contributed by atoms with Crippen molar-refractivity contribution in [2.75, 3.05) is 44.2 Å². The van der Waals surface area contributed by atoms with Crippen LogP contribution in [0.1, 0.15) is 51.5 Å². The van der Waals surface area contributed by atoms with Crippen LogP contribution in [0.5, 0.6) is 0 Å². The molecule has 0 spiro atoms. The number of carbonyl (C=O) groups is 1. The molecule has 3 heterocycles. The Morgan fingerprint density at radius 2 is 1.45 bits per heavy atom. The zero-order valence-electron chi connectivity index (χ0n) is 22.6. The molecule has 0 saturated carbocycles. The number of likely N-dealkylation sites (tertiary alicyclic amines) is 1. The number of aromatic nitrogens is 1. The van der Waals surface area contributed by atoms with Crippen molar-refractivity contribution in [3.05, 3.63) is 101 Å². The van der Waals surface area contributed by atoms with Crippen molar-refractivity contribution >= 4 is 22.5 Å². The molecule has 4 aromatic rings. The Morgan fingerprint density at radius 3 is 2.16 bits per heavy atom. The lowest BCUT2D eigenvalue weighted by atomic mass is 9.84. The summed E-state index contributed by atoms with van der Waals surface area (Å²) in [6.07, 6.45) is 2.33. The van der Waals surface area contributed by atoms with Crippen LogP contribution in [0.2, 0.25) is 0 Å². The second-order valence-corrected chi connectivity index (χ2v) is 11.0. The summed E-state index contributed by atoms with van der Waals surface area (Å²) in [4.78, 5) is 24.3. The SMILES string of the molecule is Cc1cccc(C)c1C1CCN(Cc2c(C(=O)N3CCN(c4ccccc4)CC3)[nH]c3ccccc23)CC1. The van der Waals surface area contributed by atoms with Crippen molar-refractivity contribution in [1.29, 1.82) is 0 Å². The number of aryl methyl sites for hydroxylation is 2. The lowest BCUT2D eigenvalue weighted by Gasteiger charge is -2.36. The van der Waals surface area contributed by atoms with Crippen molar-refractivity contribution in [1.82, 2.24) is 14.8 Å². The zero-order chi connectivity index (χ0) is 26.1. The second kappa shape index (κ2) is 10.7. The minimum Gasteiger partial charge on any atom is -0.368 e. The van der Waals surface area contributed by atoms with Gasteiger partial charge in [0.15, 0.2) is 0 Å². The van der Waals surface area contributed by atoms with E-state index in [1.54, 1.807) is 5.56 Å². The first-order valence-corrected chi connectivity index (χ1v) is 14.1. The first-order chi connectivity index (χ1) is 18.6. The Labute approximate surface area is 226 Å². The Bertz CT molecular complexity index is 1390. The molecule has 2 fully saturated rings. The first-order valence-electron chi connectivity index (χ1n) is 14.1. The number of benzene rings is 3. The van der Waals surface area contributed by atoms with Gasteiger partial charge in [-0.05, 0) is 80.6 Å². The van der Waals surface area contributed by atoms with Crippen LogP contribution in [-0.2, 0) is 6.54 Å². The summed E-state index contributed by atoms with van der Waals surface area (Å²) in [5.74, 6) is 0.756. The van der Waals surface area contributed by atoms with Crippen LogP contribution >= 0.6 is 0 Å². The minimum absolute atomic E-state index is 0.134. The standard InChI is InChI=1S/C33H38N4O/c1-24-9-8-10-25(2)31(24)26-15-17-35(18-16-26)23-29-28-13-6-7-14-30(28)34-32(29)33(38)37-21-19-36(20-22-37)27-11-4-3-5-12-27/h3-14,26,34H,15-23H2,1-2H3. The number of hydrogen-bond acceptors (Lipinski definition) is 3. The van der Waals surface area contributed by atoms with Crippen LogP contribution in [0.3, 0.4) is 0 Å². The number of rotatable bonds is 5. The lowest BCUT2D eigenvalue weighted by Crippen LogP contribution is -2.49. The van der Waals surface area contributed by atoms with Gasteiger partial charge in [-0.1, -0.05) is 54.6 Å². The van der Waals surface area contributed by atoms with Crippen LogP contribution in [0, 0.1) is 13.8 Å². The number of H-pyrrole nitrogens is 1. The zero-order valence-corrected chi connectivity index (χ0v) is 22.6. The molecule has 0 unspecified atom stereocenters. The van der Waals surface area contributed by atoms with E-state index in [1.807, 2.05) is 17.0 Å². The highest BCUT2D eigenvalue weighted by Gasteiger charge is 2.29. The van der Waals surface area contributed by atoms with Gasteiger partial charge in [-0.15, -0.1) is 0 Å². The molecule has 38 heavy (non-hydrogen) atoms. The molecule has 0 atom stereocenters. The molecule has 5 nitrogen and oxygen atoms in total. The minimum atomic E-state index is 0.134. The summed E-state index contributed by atoms with van der Waals surface area (Å²) < 4.78 is 0. The Morgan fingerprint density at radius 1 is 0.789 bits per heavy atom. The van der Waals surface area contributed by atoms with Gasteiger partial charge in [0.05, 0.1) is 0 Å². The van der Waals surface area contributed by atoms with Gasteiger partial charge in [0.2, 0.25) is 0 Å². The molecule has 0 aliphatic carbocycles. The van der Waals surface area contributed by atoms with Crippen molar-refractivity contribution in [2.45, 2.75) is 39.2 Å². The molecule has 196 valence electrons. The molecule has 2 saturated heterocycles. The number of hydrogen-bond donors (Lipinski definition) is 1. The second-order valence-electron chi connectivity index (χ2n) is 11.0. The Kier molecular flexibility index (Phi) is 6.94. The summed E-state index contributed by atoms with van der Waals surface area (Å²) in [6, 6.07) is 25.6. The molecular formula is C33H38N4O. The molecule has 0 radical (unpaired) electrons. The highest BCUT2D eigenvalue weighted by atomic mass is 16.2. The molecule has 1 aromatic heterocycles. The summed E-state index contributed by atoms with van der Waals surface area (Å²) in [5, 5.41) is 1.18. The van der Waals surface area contributed by atoms with Crippen LogP contribution in [0.25, 0.3) is 10.9 Å². The Hall–Kier alpha value is -3.57. The highest BCUT2D eigenvalue weighted by molar-refractivity contribution is 6.01. The fourth-order valence-corrected chi connectivity index (χ4v) is 6.59. The maximum atomic E-state index is 13.8. The van der Waals surface area contributed by atoms with Crippen LogP contribution in [0.15, 0.2) is 72.8 Å². The topological polar surface area (TPSA) is 42.6 Å². The maximum Gasteiger partial charge on any atom is 0.270 e. The third-order valence-corrected chi connectivity index (χ3v) is 8.64. The van der Waals surface area contributed by atoms with E-state index in [4.69, 9.17) is 0 Å². The highest BCUT2D eigenvalue weighted by Crippen LogP contribution is 2.34. The molecule has 5 heteroatoms. The van der Waals surface area contributed by atoms with Gasteiger partial charge >= 0.3 is 0 Å². The molecule has 0 bridgehead atoms. The molecule has 2 aliphatic heterocycles. The number of piperidine rings is 1. The average Bonchev–Trinajstić information content (AvgIpc) is 3.32. The predicted molar refractivity (Wildman–Crippen MR) is 156 cm³/mol. The van der Waals surface area contributed by atoms with Crippen molar-refractivity contribution in [3.8, 4) is 0 Å². The van der Waals surface area contributed by atoms with Crippen molar-refractivity contribution in [3.63, 3.8) is 0 Å². The molecule has 1 amide bonds. The van der Waals surface area contributed by atoms with Crippen LogP contribution in [-0.4, -0.2) is 60.0 Å². The van der Waals surface area contributed by atoms with Gasteiger partial charge in [0.1, 0.15) is 5.69 Å². The van der Waals surface area contributed by atoms with E-state index in [0.717, 1.165) is 62.6 Å². The summed E-state index contributed by atoms with van der Waals surface area (Å²) >= 11 is 0. The summed E-state index contributed by atoms with van der Waals surface area (Å²) in [5.41, 5.74) is 8.60. The van der Waals surface area contributed by atoms with Gasteiger partial charge in [-0.2, -0.15) is 0 Å². The van der Waals surface area contributed by atoms with Gasteiger partial charge in [0.25, 0.3) is 5.91 Å². The summed E-state index contributed by atoms with van der Waals surface area (Å²) in [7, 11) is 0. The van der Waals surface area contributed by atoms with Gasteiger partial charge in [-0.3, -0.25) is 9.69 Å². The quantitative estimate of drug-likeness (QED) is 0.354. The predicted octanol–water partition coefficient (Wildman–Crippen LogP) is 6.13. The molecule has 6 rings (SSSR count). The molecule has 3 aromatic carbocycles. The maximum absolute atomic E-state index is 13.8. The van der Waals surface area contributed by atoms with E-state index in [1.165, 1.54) is 35.0 Å². The third kappa shape index (κ3) is 4.83. The van der Waals surface area contributed by atoms with Gasteiger partial charge in [-0.25, -0.2) is 0 Å². The lowest BCUT2D eigenvalue weighted by molar-refractivity contribution is 0.0739. The van der Waals surface area contributed by atoms with Gasteiger partial charge in [0, 0.05) is 54.9 Å². The third-order valence-electron chi connectivity index (χ3n) is 8.64. The number of piperazine rings is 1. The van der Waals surface area contributed by atoms with Gasteiger partial charge < -0.3 is 14.8 Å². The first kappa shape index (κ1) is 24.7. The fourth-order valence-electron chi connectivity index (χ4n) is 6.59. The van der Waals surface area contributed by atoms with E-state index in [-0.39, 0.29) is 5.91 Å². The molecular weight excluding hydrogens is 468 g/mol. The van der Waals surface area contributed by atoms with E-state index in [0.29, 0.717) is 5.92 Å².